The summed E-state index contributed by atoms with van der Waals surface area (Å²) in [6.07, 6.45) is -10.2. The maximum atomic E-state index is 12.6. The minimum absolute atomic E-state index is 0.0495. The summed E-state index contributed by atoms with van der Waals surface area (Å²) in [6, 6.07) is 23.8. The van der Waals surface area contributed by atoms with Crippen LogP contribution in [0, 0.1) is 0 Å². The maximum Gasteiger partial charge on any atom is 0.490 e. The van der Waals surface area contributed by atoms with Crippen LogP contribution in [0.3, 0.4) is 0 Å². The Bertz CT molecular complexity index is 1480. The second-order valence-corrected chi connectivity index (χ2v) is 9.85. The van der Waals surface area contributed by atoms with Gasteiger partial charge in [-0.15, -0.1) is 0 Å². The number of nitrogens with zero attached hydrogens (tertiary/aromatic N) is 1. The summed E-state index contributed by atoms with van der Waals surface area (Å²) in [7, 11) is 0. The van der Waals surface area contributed by atoms with Gasteiger partial charge in [0.05, 0.1) is 0 Å². The molecule has 0 bridgehead atoms. The van der Waals surface area contributed by atoms with Gasteiger partial charge < -0.3 is 20.8 Å². The fraction of sp³-hybridized carbons (Fsp3) is 0.290. The van der Waals surface area contributed by atoms with Gasteiger partial charge in [-0.25, -0.2) is 9.59 Å². The van der Waals surface area contributed by atoms with Gasteiger partial charge in [-0.1, -0.05) is 48.5 Å². The third kappa shape index (κ3) is 13.1. The molecule has 9 nitrogen and oxygen atoms in total. The topological polar surface area (TPSA) is 136 Å². The number of Topliss-reactive ketones (excluding diaryl/α,β-unsaturated/α-hetero) is 1. The second-order valence-electron chi connectivity index (χ2n) is 9.85. The van der Waals surface area contributed by atoms with Crippen LogP contribution in [0.2, 0.25) is 0 Å². The molecule has 1 amide bonds. The highest BCUT2D eigenvalue weighted by Crippen LogP contribution is 2.23. The van der Waals surface area contributed by atoms with Crippen LogP contribution < -0.4 is 10.6 Å². The van der Waals surface area contributed by atoms with E-state index >= 15 is 0 Å². The number of nitrogens with one attached hydrogen (secondary N) is 2. The molecule has 3 aromatic carbocycles. The number of hydrogen-bond donors (Lipinski definition) is 4. The van der Waals surface area contributed by atoms with Crippen LogP contribution >= 0.6 is 0 Å². The molecule has 1 fully saturated rings. The average Bonchev–Trinajstić information content (AvgIpc) is 3.00. The van der Waals surface area contributed by atoms with E-state index < -0.39 is 24.3 Å². The molecule has 0 saturated carbocycles. The van der Waals surface area contributed by atoms with Crippen molar-refractivity contribution in [2.75, 3.05) is 26.2 Å². The summed E-state index contributed by atoms with van der Waals surface area (Å²) in [5.74, 6) is -5.75. The van der Waals surface area contributed by atoms with Crippen LogP contribution in [0.1, 0.15) is 38.8 Å². The van der Waals surface area contributed by atoms with E-state index in [9.17, 15) is 35.9 Å². The van der Waals surface area contributed by atoms with Crippen molar-refractivity contribution >= 4 is 23.6 Å². The number of carboxylic acid groups (broad SMARTS) is 2. The lowest BCUT2D eigenvalue weighted by Gasteiger charge is -2.27. The molecule has 0 radical (unpaired) electrons. The largest absolute Gasteiger partial charge is 0.490 e. The fourth-order valence-electron chi connectivity index (χ4n) is 4.00. The molecular weight excluding hydrogens is 624 g/mol. The Balaban J connectivity index is 0.000000440. The molecule has 0 aromatic heterocycles. The Morgan fingerprint density at radius 1 is 0.739 bits per heavy atom. The number of halogens is 6. The zero-order valence-corrected chi connectivity index (χ0v) is 24.4. The van der Waals surface area contributed by atoms with Crippen LogP contribution in [0.15, 0.2) is 72.8 Å². The first-order valence-corrected chi connectivity index (χ1v) is 13.6. The predicted molar refractivity (Wildman–Crippen MR) is 155 cm³/mol. The number of amides is 1. The normalized spacial score (nSPS) is 13.3. The summed E-state index contributed by atoms with van der Waals surface area (Å²) >= 11 is 0. The summed E-state index contributed by atoms with van der Waals surface area (Å²) in [6.45, 7) is 7.14. The number of aliphatic carboxylic acids is 2. The second kappa shape index (κ2) is 17.1. The molecular formula is C31H31F6N3O6. The van der Waals surface area contributed by atoms with Gasteiger partial charge in [0.2, 0.25) is 0 Å². The maximum absolute atomic E-state index is 12.6. The van der Waals surface area contributed by atoms with Crippen molar-refractivity contribution in [1.82, 2.24) is 15.5 Å². The molecule has 1 heterocycles. The lowest BCUT2D eigenvalue weighted by atomic mass is 10.0. The molecule has 4 rings (SSSR count). The minimum Gasteiger partial charge on any atom is -0.475 e. The molecule has 1 aliphatic rings. The van der Waals surface area contributed by atoms with Crippen molar-refractivity contribution in [3.05, 3.63) is 95.1 Å². The van der Waals surface area contributed by atoms with E-state index in [0.29, 0.717) is 17.7 Å². The first-order chi connectivity index (χ1) is 21.5. The highest BCUT2D eigenvalue weighted by atomic mass is 19.4. The summed E-state index contributed by atoms with van der Waals surface area (Å²) < 4.78 is 63.5. The van der Waals surface area contributed by atoms with Gasteiger partial charge in [0, 0.05) is 50.4 Å². The Labute approximate surface area is 259 Å². The van der Waals surface area contributed by atoms with Crippen molar-refractivity contribution in [2.24, 2.45) is 0 Å². The van der Waals surface area contributed by atoms with Crippen LogP contribution in [-0.4, -0.2) is 77.3 Å². The Morgan fingerprint density at radius 2 is 1.20 bits per heavy atom. The molecule has 1 saturated heterocycles. The van der Waals surface area contributed by atoms with E-state index in [1.807, 2.05) is 12.1 Å². The van der Waals surface area contributed by atoms with Crippen molar-refractivity contribution in [2.45, 2.75) is 32.4 Å². The molecule has 15 heteroatoms. The van der Waals surface area contributed by atoms with Crippen LogP contribution in [0.5, 0.6) is 0 Å². The van der Waals surface area contributed by atoms with E-state index in [2.05, 4.69) is 51.9 Å². The van der Waals surface area contributed by atoms with Gasteiger partial charge in [0.1, 0.15) is 0 Å². The van der Waals surface area contributed by atoms with E-state index in [-0.39, 0.29) is 11.7 Å². The lowest BCUT2D eigenvalue weighted by Crippen LogP contribution is -2.42. The van der Waals surface area contributed by atoms with Crippen LogP contribution in [0.4, 0.5) is 26.3 Å². The number of rotatable bonds is 7. The van der Waals surface area contributed by atoms with Gasteiger partial charge in [0.15, 0.2) is 5.78 Å². The van der Waals surface area contributed by atoms with Crippen molar-refractivity contribution < 1.29 is 55.7 Å². The Hall–Kier alpha value is -4.76. The first-order valence-electron chi connectivity index (χ1n) is 13.6. The third-order valence-electron chi connectivity index (χ3n) is 6.27. The van der Waals surface area contributed by atoms with Crippen molar-refractivity contribution in [3.8, 4) is 11.1 Å². The minimum atomic E-state index is -5.08. The number of ketones is 1. The summed E-state index contributed by atoms with van der Waals surface area (Å²) in [5, 5.41) is 20.6. The van der Waals surface area contributed by atoms with E-state index in [4.69, 9.17) is 19.8 Å². The zero-order valence-electron chi connectivity index (χ0n) is 24.4. The number of benzene rings is 3. The number of hydrogen-bond acceptors (Lipinski definition) is 6. The van der Waals surface area contributed by atoms with Crippen LogP contribution in [0.25, 0.3) is 11.1 Å². The molecule has 0 spiro atoms. The smallest absolute Gasteiger partial charge is 0.475 e. The van der Waals surface area contributed by atoms with Gasteiger partial charge in [-0.3, -0.25) is 14.5 Å². The van der Waals surface area contributed by atoms with Gasteiger partial charge in [-0.05, 0) is 53.4 Å². The van der Waals surface area contributed by atoms with Crippen molar-refractivity contribution in [3.63, 3.8) is 0 Å². The number of carbonyl (C=O) groups excluding carboxylic acids is 2. The number of carbonyl (C=O) groups is 4. The molecule has 248 valence electrons. The molecule has 0 aliphatic carbocycles. The summed E-state index contributed by atoms with van der Waals surface area (Å²) in [5.41, 5.74) is 5.70. The lowest BCUT2D eigenvalue weighted by molar-refractivity contribution is -0.193. The molecule has 0 unspecified atom stereocenters. The average molecular weight is 656 g/mol. The molecule has 46 heavy (non-hydrogen) atoms. The van der Waals surface area contributed by atoms with E-state index in [0.717, 1.165) is 43.9 Å². The molecule has 1 aliphatic heterocycles. The fourth-order valence-corrected chi connectivity index (χ4v) is 4.00. The van der Waals surface area contributed by atoms with Crippen LogP contribution in [-0.2, 0) is 22.7 Å². The molecule has 4 N–H and O–H groups in total. The van der Waals surface area contributed by atoms with E-state index in [1.165, 1.54) is 18.1 Å². The zero-order chi connectivity index (χ0) is 34.5. The monoisotopic (exact) mass is 655 g/mol. The third-order valence-corrected chi connectivity index (χ3v) is 6.27. The number of piperazine rings is 1. The molecule has 0 atom stereocenters. The highest BCUT2D eigenvalue weighted by molar-refractivity contribution is 5.99. The quantitative estimate of drug-likeness (QED) is 0.203. The van der Waals surface area contributed by atoms with E-state index in [1.54, 1.807) is 24.3 Å². The Kier molecular flexibility index (Phi) is 13.9. The standard InChI is InChI=1S/C27H29N3O2.2C2HF3O2/c1-20(31)23-7-4-10-26(17-23)27(32)29-18-21-5-2-8-24(15-21)25-9-3-6-22(16-25)19-30-13-11-28-12-14-30;2*3-2(4,5)1(6)7/h2-10,15-17,28H,11-14,18-19H2,1H3,(H,29,32);2*(H,6,7). The predicted octanol–water partition coefficient (Wildman–Crippen LogP) is 5.16. The Morgan fingerprint density at radius 3 is 1.70 bits per heavy atom. The van der Waals surface area contributed by atoms with Crippen molar-refractivity contribution in [1.29, 1.82) is 0 Å². The number of alkyl halides is 6. The summed E-state index contributed by atoms with van der Waals surface area (Å²) in [4.78, 5) is 44.4. The van der Waals surface area contributed by atoms with Gasteiger partial charge >= 0.3 is 24.3 Å². The first kappa shape index (κ1) is 37.4. The molecule has 3 aromatic rings. The van der Waals surface area contributed by atoms with Gasteiger partial charge in [-0.2, -0.15) is 26.3 Å². The highest BCUT2D eigenvalue weighted by Gasteiger charge is 2.38. The number of carboxylic acids is 2. The SMILES string of the molecule is CC(=O)c1cccc(C(=O)NCc2cccc(-c3cccc(CN4CCNCC4)c3)c2)c1.O=C(O)C(F)(F)F.O=C(O)C(F)(F)F. The van der Waals surface area contributed by atoms with Gasteiger partial charge in [0.25, 0.3) is 5.91 Å².